The van der Waals surface area contributed by atoms with Crippen molar-refractivity contribution in [2.75, 3.05) is 19.7 Å². The van der Waals surface area contributed by atoms with E-state index in [-0.39, 0.29) is 30.3 Å². The summed E-state index contributed by atoms with van der Waals surface area (Å²) in [6, 6.07) is 7.79. The van der Waals surface area contributed by atoms with Gasteiger partial charge in [0.05, 0.1) is 24.6 Å². The number of amides is 1. The number of carbonyl (C=O) groups excluding carboxylic acids is 2. The van der Waals surface area contributed by atoms with Crippen LogP contribution >= 0.6 is 0 Å². The zero-order chi connectivity index (χ0) is 20.4. The first kappa shape index (κ1) is 19.5. The molecule has 0 bridgehead atoms. The smallest absolute Gasteiger partial charge is 0.309 e. The molecule has 4 rings (SSSR count). The molecule has 1 saturated heterocycles. The molecule has 1 aromatic carbocycles. The van der Waals surface area contributed by atoms with Gasteiger partial charge in [-0.1, -0.05) is 5.16 Å². The third kappa shape index (κ3) is 4.28. The Bertz CT molecular complexity index is 898. The Morgan fingerprint density at radius 1 is 1.24 bits per heavy atom. The molecule has 2 aromatic rings. The van der Waals surface area contributed by atoms with E-state index in [1.165, 1.54) is 0 Å². The van der Waals surface area contributed by atoms with Crippen LogP contribution in [-0.4, -0.2) is 47.7 Å². The fourth-order valence-electron chi connectivity index (χ4n) is 4.00. The second kappa shape index (κ2) is 8.27. The lowest BCUT2D eigenvalue weighted by Crippen LogP contribution is -2.41. The Kier molecular flexibility index (Phi) is 5.56. The van der Waals surface area contributed by atoms with E-state index in [9.17, 15) is 9.59 Å². The molecule has 1 unspecified atom stereocenters. The largest absolute Gasteiger partial charge is 0.490 e. The van der Waals surface area contributed by atoms with Crippen molar-refractivity contribution in [2.24, 2.45) is 5.92 Å². The number of piperidine rings is 1. The highest BCUT2D eigenvalue weighted by Crippen LogP contribution is 2.33. The first-order chi connectivity index (χ1) is 14.0. The molecule has 7 nitrogen and oxygen atoms in total. The first-order valence-corrected chi connectivity index (χ1v) is 10.2. The molecule has 7 heteroatoms. The summed E-state index contributed by atoms with van der Waals surface area (Å²) < 4.78 is 16.3. The highest BCUT2D eigenvalue weighted by molar-refractivity contribution is 5.79. The second-order valence-corrected chi connectivity index (χ2v) is 7.72. The van der Waals surface area contributed by atoms with Gasteiger partial charge in [-0.15, -0.1) is 0 Å². The monoisotopic (exact) mass is 398 g/mol. The van der Waals surface area contributed by atoms with E-state index >= 15 is 0 Å². The van der Waals surface area contributed by atoms with Crippen LogP contribution in [-0.2, 0) is 27.2 Å². The van der Waals surface area contributed by atoms with E-state index in [4.69, 9.17) is 14.0 Å². The SMILES string of the molecule is CCOC(=O)C1CCN(C(=O)Cc2cc(-c3ccc4c(c3)CC(C)O4)on2)CC1. The minimum absolute atomic E-state index is 0.00309. The molecular formula is C22H26N2O5. The summed E-state index contributed by atoms with van der Waals surface area (Å²) in [4.78, 5) is 26.2. The van der Waals surface area contributed by atoms with Crippen LogP contribution in [0.1, 0.15) is 37.9 Å². The van der Waals surface area contributed by atoms with Crippen molar-refractivity contribution in [3.63, 3.8) is 0 Å². The van der Waals surface area contributed by atoms with Crippen molar-refractivity contribution in [3.05, 3.63) is 35.5 Å². The molecule has 2 aliphatic heterocycles. The van der Waals surface area contributed by atoms with Crippen LogP contribution < -0.4 is 4.74 Å². The first-order valence-electron chi connectivity index (χ1n) is 10.2. The third-order valence-corrected chi connectivity index (χ3v) is 5.54. The van der Waals surface area contributed by atoms with Crippen LogP contribution in [0.4, 0.5) is 0 Å². The normalized spacial score (nSPS) is 19.0. The van der Waals surface area contributed by atoms with Crippen LogP contribution in [0, 0.1) is 5.92 Å². The molecule has 0 radical (unpaired) electrons. The fourth-order valence-corrected chi connectivity index (χ4v) is 4.00. The number of esters is 1. The van der Waals surface area contributed by atoms with Crippen LogP contribution in [0.15, 0.2) is 28.8 Å². The van der Waals surface area contributed by atoms with Crippen LogP contribution in [0.2, 0.25) is 0 Å². The fraction of sp³-hybridized carbons (Fsp3) is 0.500. The topological polar surface area (TPSA) is 81.9 Å². The number of fused-ring (bicyclic) bond motifs is 1. The van der Waals surface area contributed by atoms with Gasteiger partial charge in [0.1, 0.15) is 11.9 Å². The van der Waals surface area contributed by atoms with Gasteiger partial charge in [-0.05, 0) is 50.5 Å². The highest BCUT2D eigenvalue weighted by Gasteiger charge is 2.28. The molecular weight excluding hydrogens is 372 g/mol. The minimum Gasteiger partial charge on any atom is -0.490 e. The van der Waals surface area contributed by atoms with E-state index in [0.717, 1.165) is 23.3 Å². The van der Waals surface area contributed by atoms with Gasteiger partial charge in [0, 0.05) is 31.1 Å². The number of carbonyl (C=O) groups is 2. The quantitative estimate of drug-likeness (QED) is 0.720. The van der Waals surface area contributed by atoms with Gasteiger partial charge < -0.3 is 18.9 Å². The molecule has 1 atom stereocenters. The van der Waals surface area contributed by atoms with Gasteiger partial charge in [-0.2, -0.15) is 0 Å². The minimum atomic E-state index is -0.158. The summed E-state index contributed by atoms with van der Waals surface area (Å²) >= 11 is 0. The molecule has 29 heavy (non-hydrogen) atoms. The van der Waals surface area contributed by atoms with E-state index in [2.05, 4.69) is 11.2 Å². The average molecular weight is 398 g/mol. The summed E-state index contributed by atoms with van der Waals surface area (Å²) in [5, 5.41) is 4.08. The number of hydrogen-bond acceptors (Lipinski definition) is 6. The molecule has 1 amide bonds. The van der Waals surface area contributed by atoms with E-state index in [1.54, 1.807) is 11.8 Å². The van der Waals surface area contributed by atoms with Gasteiger partial charge in [-0.25, -0.2) is 0 Å². The summed E-state index contributed by atoms with van der Waals surface area (Å²) in [5.41, 5.74) is 2.71. The van der Waals surface area contributed by atoms with E-state index < -0.39 is 0 Å². The van der Waals surface area contributed by atoms with Crippen molar-refractivity contribution in [1.29, 1.82) is 0 Å². The molecule has 1 fully saturated rings. The Morgan fingerprint density at radius 2 is 2.03 bits per heavy atom. The molecule has 1 aromatic heterocycles. The van der Waals surface area contributed by atoms with Crippen molar-refractivity contribution in [2.45, 2.75) is 45.6 Å². The van der Waals surface area contributed by atoms with Crippen LogP contribution in [0.3, 0.4) is 0 Å². The van der Waals surface area contributed by atoms with Gasteiger partial charge in [0.15, 0.2) is 5.76 Å². The summed E-state index contributed by atoms with van der Waals surface area (Å²) in [5.74, 6) is 1.31. The van der Waals surface area contributed by atoms with Crippen molar-refractivity contribution < 1.29 is 23.6 Å². The molecule has 0 spiro atoms. The summed E-state index contributed by atoms with van der Waals surface area (Å²) in [7, 11) is 0. The number of aromatic nitrogens is 1. The lowest BCUT2D eigenvalue weighted by molar-refractivity contribution is -0.151. The van der Waals surface area contributed by atoms with Crippen molar-refractivity contribution in [1.82, 2.24) is 10.1 Å². The van der Waals surface area contributed by atoms with Crippen LogP contribution in [0.5, 0.6) is 5.75 Å². The Morgan fingerprint density at radius 3 is 2.79 bits per heavy atom. The van der Waals surface area contributed by atoms with Gasteiger partial charge in [0.25, 0.3) is 0 Å². The maximum Gasteiger partial charge on any atom is 0.309 e. The zero-order valence-electron chi connectivity index (χ0n) is 16.8. The summed E-state index contributed by atoms with van der Waals surface area (Å²) in [6.07, 6.45) is 2.55. The summed E-state index contributed by atoms with van der Waals surface area (Å²) in [6.45, 7) is 5.38. The molecule has 0 aliphatic carbocycles. The number of ether oxygens (including phenoxy) is 2. The second-order valence-electron chi connectivity index (χ2n) is 7.72. The van der Waals surface area contributed by atoms with Gasteiger partial charge in [0.2, 0.25) is 5.91 Å². The van der Waals surface area contributed by atoms with Crippen molar-refractivity contribution >= 4 is 11.9 Å². The van der Waals surface area contributed by atoms with E-state index in [1.807, 2.05) is 25.1 Å². The standard InChI is InChI=1S/C22H26N2O5/c1-3-27-22(26)15-6-8-24(9-7-15)21(25)13-18-12-20(29-23-18)16-4-5-19-17(11-16)10-14(2)28-19/h4-5,11-12,14-15H,3,6-10,13H2,1-2H3. The zero-order valence-corrected chi connectivity index (χ0v) is 16.8. The number of likely N-dealkylation sites (tertiary alicyclic amines) is 1. The molecule has 154 valence electrons. The van der Waals surface area contributed by atoms with Gasteiger partial charge in [-0.3, -0.25) is 9.59 Å². The number of benzene rings is 1. The molecule has 3 heterocycles. The molecule has 0 N–H and O–H groups in total. The Hall–Kier alpha value is -2.83. The molecule has 0 saturated carbocycles. The van der Waals surface area contributed by atoms with Crippen molar-refractivity contribution in [3.8, 4) is 17.1 Å². The predicted molar refractivity (Wildman–Crippen MR) is 105 cm³/mol. The average Bonchev–Trinajstić information content (AvgIpc) is 3.33. The maximum absolute atomic E-state index is 12.6. The third-order valence-electron chi connectivity index (χ3n) is 5.54. The predicted octanol–water partition coefficient (Wildman–Crippen LogP) is 3.01. The Labute approximate surface area is 169 Å². The Balaban J connectivity index is 1.34. The lowest BCUT2D eigenvalue weighted by Gasteiger charge is -2.30. The number of hydrogen-bond donors (Lipinski definition) is 0. The number of rotatable bonds is 5. The van der Waals surface area contributed by atoms with Gasteiger partial charge >= 0.3 is 5.97 Å². The molecule has 2 aliphatic rings. The maximum atomic E-state index is 12.6. The lowest BCUT2D eigenvalue weighted by atomic mass is 9.96. The highest BCUT2D eigenvalue weighted by atomic mass is 16.5. The van der Waals surface area contributed by atoms with E-state index in [0.29, 0.717) is 44.0 Å². The van der Waals surface area contributed by atoms with Crippen LogP contribution in [0.25, 0.3) is 11.3 Å². The number of nitrogens with zero attached hydrogens (tertiary/aromatic N) is 2.